The topological polar surface area (TPSA) is 108 Å². The Kier molecular flexibility index (Phi) is 6.43. The van der Waals surface area contributed by atoms with Crippen LogP contribution in [0.3, 0.4) is 0 Å². The van der Waals surface area contributed by atoms with E-state index in [-0.39, 0.29) is 17.8 Å². The molecule has 1 aliphatic heterocycles. The Bertz CT molecular complexity index is 1100. The number of nitrogens with zero attached hydrogens (tertiary/aromatic N) is 1. The third-order valence-corrected chi connectivity index (χ3v) is 5.21. The Morgan fingerprint density at radius 2 is 1.70 bits per heavy atom. The molecule has 0 radical (unpaired) electrons. The van der Waals surface area contributed by atoms with Gasteiger partial charge in [-0.3, -0.25) is 19.3 Å². The van der Waals surface area contributed by atoms with Crippen molar-refractivity contribution in [2.24, 2.45) is 0 Å². The van der Waals surface area contributed by atoms with Crippen LogP contribution < -0.4 is 16.0 Å². The molecule has 3 N–H and O–H groups in total. The summed E-state index contributed by atoms with van der Waals surface area (Å²) in [6.07, 6.45) is -4.46. The van der Waals surface area contributed by atoms with E-state index >= 15 is 0 Å². The van der Waals surface area contributed by atoms with Crippen LogP contribution in [0.1, 0.15) is 31.4 Å². The lowest BCUT2D eigenvalue weighted by atomic mass is 9.87. The third-order valence-electron chi connectivity index (χ3n) is 5.21. The second-order valence-electron chi connectivity index (χ2n) is 7.43. The first kappa shape index (κ1) is 23.8. The molecule has 1 saturated heterocycles. The highest BCUT2D eigenvalue weighted by Crippen LogP contribution is 2.35. The maximum atomic E-state index is 13.1. The molecule has 0 aliphatic carbocycles. The van der Waals surface area contributed by atoms with Gasteiger partial charge in [0.25, 0.3) is 5.91 Å². The molecule has 1 atom stereocenters. The molecule has 0 aromatic heterocycles. The molecule has 5 amide bonds. The van der Waals surface area contributed by atoms with Crippen molar-refractivity contribution >= 4 is 35.1 Å². The lowest BCUT2D eigenvalue weighted by Crippen LogP contribution is -2.44. The average molecular weight is 462 g/mol. The normalized spacial score (nSPS) is 18.2. The summed E-state index contributed by atoms with van der Waals surface area (Å²) in [4.78, 5) is 50.3. The van der Waals surface area contributed by atoms with Gasteiger partial charge >= 0.3 is 12.2 Å². The van der Waals surface area contributed by atoms with Gasteiger partial charge in [-0.2, -0.15) is 13.2 Å². The number of alkyl halides is 3. The average Bonchev–Trinajstić information content (AvgIpc) is 2.99. The molecule has 1 unspecified atom stereocenters. The summed E-state index contributed by atoms with van der Waals surface area (Å²) < 4.78 is 39.3. The standard InChI is InChI=1S/C22H21F3N4O4/c1-3-21(14-7-5-4-6-8-14)19(32)29(20(33)28-21)12-18(31)27-17-11-15(22(23,24)25)9-10-16(17)26-13(2)30/h4-11H,3,12H2,1-2H3,(H,26,30)(H,27,31)(H,28,33). The van der Waals surface area contributed by atoms with Gasteiger partial charge in [0, 0.05) is 6.92 Å². The number of halogens is 3. The van der Waals surface area contributed by atoms with Crippen molar-refractivity contribution < 1.29 is 32.3 Å². The van der Waals surface area contributed by atoms with Gasteiger partial charge in [0.2, 0.25) is 11.8 Å². The number of nitrogens with one attached hydrogen (secondary N) is 3. The second-order valence-corrected chi connectivity index (χ2v) is 7.43. The van der Waals surface area contributed by atoms with Crippen molar-refractivity contribution in [2.45, 2.75) is 32.0 Å². The first-order valence-corrected chi connectivity index (χ1v) is 9.96. The summed E-state index contributed by atoms with van der Waals surface area (Å²) in [5.41, 5.74) is -2.23. The Hall–Kier alpha value is -3.89. The zero-order valence-corrected chi connectivity index (χ0v) is 17.7. The van der Waals surface area contributed by atoms with Gasteiger partial charge in [-0.25, -0.2) is 4.79 Å². The van der Waals surface area contributed by atoms with E-state index in [1.54, 1.807) is 37.3 Å². The molecule has 11 heteroatoms. The first-order chi connectivity index (χ1) is 15.5. The molecule has 2 aromatic rings. The van der Waals surface area contributed by atoms with E-state index in [0.29, 0.717) is 16.5 Å². The van der Waals surface area contributed by atoms with Crippen LogP contribution in [-0.4, -0.2) is 35.2 Å². The van der Waals surface area contributed by atoms with Crippen LogP contribution in [-0.2, 0) is 26.1 Å². The molecule has 33 heavy (non-hydrogen) atoms. The number of benzene rings is 2. The molecule has 1 fully saturated rings. The van der Waals surface area contributed by atoms with Crippen LogP contribution in [0.15, 0.2) is 48.5 Å². The zero-order valence-electron chi connectivity index (χ0n) is 17.7. The van der Waals surface area contributed by atoms with Gasteiger partial charge < -0.3 is 16.0 Å². The Balaban J connectivity index is 1.84. The van der Waals surface area contributed by atoms with E-state index < -0.39 is 47.6 Å². The van der Waals surface area contributed by atoms with E-state index in [9.17, 15) is 32.3 Å². The van der Waals surface area contributed by atoms with Crippen molar-refractivity contribution in [1.82, 2.24) is 10.2 Å². The highest BCUT2D eigenvalue weighted by atomic mass is 19.4. The smallest absolute Gasteiger partial charge is 0.325 e. The quantitative estimate of drug-likeness (QED) is 0.572. The predicted molar refractivity (Wildman–Crippen MR) is 113 cm³/mol. The molecular formula is C22H21F3N4O4. The van der Waals surface area contributed by atoms with Gasteiger partial charge in [0.1, 0.15) is 12.1 Å². The predicted octanol–water partition coefficient (Wildman–Crippen LogP) is 3.46. The Morgan fingerprint density at radius 3 is 2.27 bits per heavy atom. The minimum absolute atomic E-state index is 0.0618. The fourth-order valence-electron chi connectivity index (χ4n) is 3.59. The number of carbonyl (C=O) groups is 4. The van der Waals surface area contributed by atoms with E-state index in [0.717, 1.165) is 19.1 Å². The highest BCUT2D eigenvalue weighted by molar-refractivity contribution is 6.11. The molecule has 1 aliphatic rings. The third kappa shape index (κ3) is 4.81. The SMILES string of the molecule is CCC1(c2ccccc2)NC(=O)N(CC(=O)Nc2cc(C(F)(F)F)ccc2NC(C)=O)C1=O. The van der Waals surface area contributed by atoms with Gasteiger partial charge in [0.15, 0.2) is 0 Å². The number of hydrogen-bond acceptors (Lipinski definition) is 4. The fraction of sp³-hybridized carbons (Fsp3) is 0.273. The van der Waals surface area contributed by atoms with Gasteiger partial charge in [-0.05, 0) is 30.2 Å². The number of rotatable bonds is 6. The van der Waals surface area contributed by atoms with Gasteiger partial charge in [-0.1, -0.05) is 37.3 Å². The molecule has 174 valence electrons. The molecule has 8 nitrogen and oxygen atoms in total. The number of hydrogen-bond donors (Lipinski definition) is 3. The number of anilines is 2. The Labute approximate surface area is 187 Å². The van der Waals surface area contributed by atoms with Crippen LogP contribution >= 0.6 is 0 Å². The number of carbonyl (C=O) groups excluding carboxylic acids is 4. The van der Waals surface area contributed by atoms with Crippen molar-refractivity contribution in [3.8, 4) is 0 Å². The fourth-order valence-corrected chi connectivity index (χ4v) is 3.59. The maximum absolute atomic E-state index is 13.1. The van der Waals surface area contributed by atoms with Crippen molar-refractivity contribution in [2.75, 3.05) is 17.2 Å². The lowest BCUT2D eigenvalue weighted by Gasteiger charge is -2.25. The molecule has 2 aromatic carbocycles. The summed E-state index contributed by atoms with van der Waals surface area (Å²) in [5, 5.41) is 7.21. The van der Waals surface area contributed by atoms with E-state index in [4.69, 9.17) is 0 Å². The highest BCUT2D eigenvalue weighted by Gasteiger charge is 2.51. The van der Waals surface area contributed by atoms with Crippen molar-refractivity contribution in [3.63, 3.8) is 0 Å². The summed E-state index contributed by atoms with van der Waals surface area (Å²) in [7, 11) is 0. The molecule has 0 saturated carbocycles. The largest absolute Gasteiger partial charge is 0.416 e. The summed E-state index contributed by atoms with van der Waals surface area (Å²) in [6.45, 7) is 2.14. The van der Waals surface area contributed by atoms with Crippen LogP contribution in [0.4, 0.5) is 29.3 Å². The van der Waals surface area contributed by atoms with Crippen LogP contribution in [0, 0.1) is 0 Å². The number of amides is 5. The summed E-state index contributed by atoms with van der Waals surface area (Å²) in [5.74, 6) is -2.12. The minimum Gasteiger partial charge on any atom is -0.325 e. The van der Waals surface area contributed by atoms with E-state index in [2.05, 4.69) is 16.0 Å². The van der Waals surface area contributed by atoms with Crippen molar-refractivity contribution in [1.29, 1.82) is 0 Å². The Morgan fingerprint density at radius 1 is 1.03 bits per heavy atom. The minimum atomic E-state index is -4.69. The maximum Gasteiger partial charge on any atom is 0.416 e. The first-order valence-electron chi connectivity index (χ1n) is 9.96. The van der Waals surface area contributed by atoms with Gasteiger partial charge in [-0.15, -0.1) is 0 Å². The van der Waals surface area contributed by atoms with Crippen LogP contribution in [0.5, 0.6) is 0 Å². The summed E-state index contributed by atoms with van der Waals surface area (Å²) in [6, 6.07) is 10.1. The number of urea groups is 1. The van der Waals surface area contributed by atoms with Crippen LogP contribution in [0.25, 0.3) is 0 Å². The number of imide groups is 1. The van der Waals surface area contributed by atoms with E-state index in [1.165, 1.54) is 0 Å². The molecule has 0 spiro atoms. The molecule has 0 bridgehead atoms. The van der Waals surface area contributed by atoms with Gasteiger partial charge in [0.05, 0.1) is 16.9 Å². The molecule has 1 heterocycles. The van der Waals surface area contributed by atoms with Crippen LogP contribution in [0.2, 0.25) is 0 Å². The monoisotopic (exact) mass is 462 g/mol. The van der Waals surface area contributed by atoms with E-state index in [1.807, 2.05) is 0 Å². The lowest BCUT2D eigenvalue weighted by molar-refractivity contribution is -0.137. The molecular weight excluding hydrogens is 441 g/mol. The summed E-state index contributed by atoms with van der Waals surface area (Å²) >= 11 is 0. The second kappa shape index (κ2) is 8.93. The molecule has 3 rings (SSSR count). The van der Waals surface area contributed by atoms with Crippen molar-refractivity contribution in [3.05, 3.63) is 59.7 Å². The zero-order chi connectivity index (χ0) is 24.4.